The molecule has 5 rings (SSSR count). The summed E-state index contributed by atoms with van der Waals surface area (Å²) in [5.41, 5.74) is 8.69. The van der Waals surface area contributed by atoms with Crippen molar-refractivity contribution in [3.8, 4) is 5.75 Å². The highest BCUT2D eigenvalue weighted by Gasteiger charge is 2.42. The normalized spacial score (nSPS) is 21.0. The largest absolute Gasteiger partial charge is 0.508 e. The summed E-state index contributed by atoms with van der Waals surface area (Å²) in [6.45, 7) is 1.89. The summed E-state index contributed by atoms with van der Waals surface area (Å²) in [6.07, 6.45) is 0.585. The van der Waals surface area contributed by atoms with Crippen molar-refractivity contribution in [2.45, 2.75) is 32.4 Å². The molecule has 0 saturated heterocycles. The highest BCUT2D eigenvalue weighted by atomic mass is 32.2. The minimum Gasteiger partial charge on any atom is -0.508 e. The number of sulfonamides is 1. The van der Waals surface area contributed by atoms with Crippen molar-refractivity contribution < 1.29 is 31.1 Å². The summed E-state index contributed by atoms with van der Waals surface area (Å²) >= 11 is 0. The van der Waals surface area contributed by atoms with Crippen LogP contribution in [0.25, 0.3) is 0 Å². The van der Waals surface area contributed by atoms with E-state index < -0.39 is 22.0 Å². The van der Waals surface area contributed by atoms with Gasteiger partial charge in [-0.25, -0.2) is 17.1 Å². The van der Waals surface area contributed by atoms with Crippen LogP contribution in [0.1, 0.15) is 25.3 Å². The van der Waals surface area contributed by atoms with Crippen molar-refractivity contribution in [1.29, 1.82) is 0 Å². The van der Waals surface area contributed by atoms with Crippen LogP contribution >= 0.6 is 0 Å². The Morgan fingerprint density at radius 3 is 2.46 bits per heavy atom. The van der Waals surface area contributed by atoms with E-state index in [4.69, 9.17) is 0 Å². The molecule has 0 unspecified atom stereocenters. The number of aromatic hydroxyl groups is 1. The Hall–Kier alpha value is -3.31. The lowest BCUT2D eigenvalue weighted by molar-refractivity contribution is -0.107. The van der Waals surface area contributed by atoms with E-state index in [0.717, 1.165) is 32.4 Å². The van der Waals surface area contributed by atoms with Gasteiger partial charge in [0.15, 0.2) is 5.75 Å². The van der Waals surface area contributed by atoms with Gasteiger partial charge < -0.3 is 10.5 Å². The number of anilines is 1. The average molecular weight is 564 g/mol. The Morgan fingerprint density at radius 2 is 1.79 bits per heavy atom. The number of hydrogen-bond donors (Lipinski definition) is 2. The third kappa shape index (κ3) is 5.84. The molecule has 0 amide bonds. The number of halogens is 4. The van der Waals surface area contributed by atoms with Crippen LogP contribution in [0, 0.1) is 17.7 Å². The third-order valence-corrected chi connectivity index (χ3v) is 9.35. The number of hydrogen-bond acceptors (Lipinski definition) is 5. The van der Waals surface area contributed by atoms with Crippen molar-refractivity contribution in [3.05, 3.63) is 94.6 Å². The summed E-state index contributed by atoms with van der Waals surface area (Å²) in [4.78, 5) is 0. The minimum absolute atomic E-state index is 0.0365. The molecule has 1 aliphatic heterocycles. The van der Waals surface area contributed by atoms with E-state index in [1.165, 1.54) is 24.3 Å². The molecule has 39 heavy (non-hydrogen) atoms. The highest BCUT2D eigenvalue weighted by molar-refractivity contribution is 7.89. The topological polar surface area (TPSA) is 72.9 Å². The molecule has 0 bridgehead atoms. The lowest BCUT2D eigenvalue weighted by Crippen LogP contribution is -2.42. The van der Waals surface area contributed by atoms with Gasteiger partial charge in [-0.05, 0) is 78.8 Å². The molecule has 2 aromatic rings. The van der Waals surface area contributed by atoms with Gasteiger partial charge >= 0.3 is 6.18 Å². The van der Waals surface area contributed by atoms with Crippen LogP contribution in [0.2, 0.25) is 0 Å². The van der Waals surface area contributed by atoms with Gasteiger partial charge in [-0.2, -0.15) is 13.2 Å². The van der Waals surface area contributed by atoms with Crippen LogP contribution in [0.5, 0.6) is 5.75 Å². The fraction of sp³-hybridized carbons (Fsp3) is 0.357. The first kappa shape index (κ1) is 27.3. The van der Waals surface area contributed by atoms with Gasteiger partial charge in [-0.1, -0.05) is 24.6 Å². The monoisotopic (exact) mass is 563 g/mol. The summed E-state index contributed by atoms with van der Waals surface area (Å²) in [5.74, 6) is -2.49. The Labute approximate surface area is 224 Å². The van der Waals surface area contributed by atoms with Crippen molar-refractivity contribution in [1.82, 2.24) is 9.73 Å². The van der Waals surface area contributed by atoms with Gasteiger partial charge in [-0.3, -0.25) is 5.01 Å². The number of alkyl halides is 3. The Balaban J connectivity index is 1.40. The van der Waals surface area contributed by atoms with Crippen molar-refractivity contribution in [2.24, 2.45) is 11.8 Å². The molecule has 11 heteroatoms. The van der Waals surface area contributed by atoms with Crippen LogP contribution in [-0.4, -0.2) is 42.8 Å². The quantitative estimate of drug-likeness (QED) is 0.420. The number of benzene rings is 2. The number of nitrogens with zero attached hydrogens (tertiary/aromatic N) is 2. The van der Waals surface area contributed by atoms with E-state index >= 15 is 0 Å². The maximum atomic E-state index is 13.4. The second-order valence-corrected chi connectivity index (χ2v) is 12.1. The van der Waals surface area contributed by atoms with Crippen LogP contribution in [0.15, 0.2) is 83.2 Å². The molecule has 2 atom stereocenters. The van der Waals surface area contributed by atoms with Gasteiger partial charge in [0, 0.05) is 30.8 Å². The number of rotatable bonds is 8. The zero-order valence-electron chi connectivity index (χ0n) is 21.2. The first-order valence-corrected chi connectivity index (χ1v) is 14.3. The van der Waals surface area contributed by atoms with E-state index in [-0.39, 0.29) is 42.9 Å². The SMILES string of the molecule is C[C@H]1C2=CNN(c3ccc(F)cc3)C2=CC2=C1[C@@H](CN(CCc1ccc(O)cc1)S(=O)(=O)CC(F)(F)F)CC2. The van der Waals surface area contributed by atoms with Gasteiger partial charge in [0.2, 0.25) is 10.0 Å². The maximum absolute atomic E-state index is 13.4. The molecule has 3 aliphatic rings. The van der Waals surface area contributed by atoms with Gasteiger partial charge in [-0.15, -0.1) is 0 Å². The van der Waals surface area contributed by atoms with E-state index in [9.17, 15) is 31.1 Å². The van der Waals surface area contributed by atoms with Crippen LogP contribution in [0.4, 0.5) is 23.2 Å². The fourth-order valence-corrected chi connectivity index (χ4v) is 7.08. The molecular formula is C28H29F4N3O3S. The number of fused-ring (bicyclic) bond motifs is 1. The number of phenolic OH excluding ortho intramolecular Hbond substituents is 1. The Morgan fingerprint density at radius 1 is 1.10 bits per heavy atom. The smallest absolute Gasteiger partial charge is 0.404 e. The zero-order valence-corrected chi connectivity index (χ0v) is 22.1. The molecule has 6 nitrogen and oxygen atoms in total. The highest BCUT2D eigenvalue weighted by Crippen LogP contribution is 2.48. The van der Waals surface area contributed by atoms with Crippen molar-refractivity contribution in [3.63, 3.8) is 0 Å². The molecule has 2 N–H and O–H groups in total. The Bertz CT molecular complexity index is 1430. The van der Waals surface area contributed by atoms with Crippen LogP contribution in [0.3, 0.4) is 0 Å². The minimum atomic E-state index is -4.85. The number of nitrogens with one attached hydrogen (secondary N) is 1. The van der Waals surface area contributed by atoms with Crippen molar-refractivity contribution in [2.75, 3.05) is 23.9 Å². The van der Waals surface area contributed by atoms with E-state index in [2.05, 4.69) is 5.43 Å². The van der Waals surface area contributed by atoms with Crippen molar-refractivity contribution >= 4 is 15.7 Å². The van der Waals surface area contributed by atoms with E-state index in [1.807, 2.05) is 24.2 Å². The molecule has 0 fully saturated rings. The molecule has 0 spiro atoms. The second kappa shape index (κ2) is 10.3. The Kier molecular flexibility index (Phi) is 7.23. The molecule has 1 heterocycles. The first-order chi connectivity index (χ1) is 18.4. The summed E-state index contributed by atoms with van der Waals surface area (Å²) in [7, 11) is -4.61. The van der Waals surface area contributed by atoms with Crippen LogP contribution in [-0.2, 0) is 16.4 Å². The predicted molar refractivity (Wildman–Crippen MR) is 140 cm³/mol. The molecule has 0 aromatic heterocycles. The predicted octanol–water partition coefficient (Wildman–Crippen LogP) is 5.42. The number of allylic oxidation sites excluding steroid dienone is 3. The van der Waals surface area contributed by atoms with Gasteiger partial charge in [0.1, 0.15) is 11.6 Å². The molecule has 0 radical (unpaired) electrons. The molecule has 2 aromatic carbocycles. The number of phenols is 1. The molecule has 2 aliphatic carbocycles. The summed E-state index contributed by atoms with van der Waals surface area (Å²) in [5, 5.41) is 11.4. The first-order valence-electron chi connectivity index (χ1n) is 12.7. The maximum Gasteiger partial charge on any atom is 0.404 e. The van der Waals surface area contributed by atoms with E-state index in [0.29, 0.717) is 18.4 Å². The molecular weight excluding hydrogens is 534 g/mol. The number of hydrazine groups is 1. The lowest BCUT2D eigenvalue weighted by atomic mass is 9.80. The fourth-order valence-electron chi connectivity index (χ4n) is 5.71. The molecule has 208 valence electrons. The average Bonchev–Trinajstić information content (AvgIpc) is 3.46. The summed E-state index contributed by atoms with van der Waals surface area (Å²) in [6, 6.07) is 12.3. The standard InChI is InChI=1S/C28H29F4N3O3S/c1-18-25-15-33-35(23-8-6-22(29)7-9-23)26(25)14-20-4-5-21(27(18)20)16-34(39(37,38)17-28(30,31)32)13-12-19-2-10-24(36)11-3-19/h2-3,6-11,14-15,18,21,33,36H,4-5,12-13,16-17H2,1H3/t18-,21+/m0/s1. The lowest BCUT2D eigenvalue weighted by Gasteiger charge is -2.32. The van der Waals surface area contributed by atoms with Crippen LogP contribution < -0.4 is 10.4 Å². The van der Waals surface area contributed by atoms with Gasteiger partial charge in [0.05, 0.1) is 11.4 Å². The third-order valence-electron chi connectivity index (χ3n) is 7.54. The van der Waals surface area contributed by atoms with Gasteiger partial charge in [0.25, 0.3) is 0 Å². The van der Waals surface area contributed by atoms with E-state index in [1.54, 1.807) is 24.3 Å². The zero-order chi connectivity index (χ0) is 27.9. The second-order valence-electron chi connectivity index (χ2n) is 10.2. The summed E-state index contributed by atoms with van der Waals surface area (Å²) < 4.78 is 80.0. The molecule has 0 saturated carbocycles.